The Bertz CT molecular complexity index is 445. The van der Waals surface area contributed by atoms with Crippen molar-refractivity contribution < 1.29 is 13.2 Å². The summed E-state index contributed by atoms with van der Waals surface area (Å²) in [6, 6.07) is 3.13. The van der Waals surface area contributed by atoms with E-state index in [4.69, 9.17) is 4.74 Å². The van der Waals surface area contributed by atoms with Gasteiger partial charge in [0.25, 0.3) is 0 Å². The summed E-state index contributed by atoms with van der Waals surface area (Å²) in [5.41, 5.74) is 0. The second kappa shape index (κ2) is 5.27. The normalized spacial score (nSPS) is 13.4. The molecule has 1 unspecified atom stereocenters. The van der Waals surface area contributed by atoms with Gasteiger partial charge in [-0.15, -0.1) is 0 Å². The van der Waals surface area contributed by atoms with E-state index in [1.165, 1.54) is 6.07 Å². The average molecular weight is 244 g/mol. The van der Waals surface area contributed by atoms with E-state index in [1.54, 1.807) is 19.4 Å². The largest absolute Gasteiger partial charge is 0.383 e. The summed E-state index contributed by atoms with van der Waals surface area (Å²) >= 11 is 0. The molecule has 5 nitrogen and oxygen atoms in total. The second-order valence-corrected chi connectivity index (χ2v) is 5.61. The fourth-order valence-electron chi connectivity index (χ4n) is 1.32. The van der Waals surface area contributed by atoms with Gasteiger partial charge in [0.15, 0.2) is 9.84 Å². The molecule has 0 saturated heterocycles. The van der Waals surface area contributed by atoms with E-state index in [9.17, 15) is 8.42 Å². The third-order valence-corrected chi connectivity index (χ3v) is 3.10. The van der Waals surface area contributed by atoms with E-state index >= 15 is 0 Å². The van der Waals surface area contributed by atoms with Crippen LogP contribution in [0.1, 0.15) is 6.92 Å². The second-order valence-electron chi connectivity index (χ2n) is 3.62. The van der Waals surface area contributed by atoms with Gasteiger partial charge >= 0.3 is 0 Å². The molecule has 0 fully saturated rings. The lowest BCUT2D eigenvalue weighted by Gasteiger charge is -2.15. The number of ether oxygens (including phenoxy) is 1. The molecule has 0 aliphatic heterocycles. The van der Waals surface area contributed by atoms with Crippen molar-refractivity contribution in [2.24, 2.45) is 0 Å². The Morgan fingerprint density at radius 3 is 2.81 bits per heavy atom. The quantitative estimate of drug-likeness (QED) is 0.834. The van der Waals surface area contributed by atoms with Gasteiger partial charge in [0.1, 0.15) is 10.7 Å². The molecule has 1 aromatic heterocycles. The van der Waals surface area contributed by atoms with Crippen LogP contribution >= 0.6 is 0 Å². The fraction of sp³-hybridized carbons (Fsp3) is 0.500. The highest BCUT2D eigenvalue weighted by atomic mass is 32.2. The van der Waals surface area contributed by atoms with Gasteiger partial charge in [-0.3, -0.25) is 0 Å². The summed E-state index contributed by atoms with van der Waals surface area (Å²) in [4.78, 5) is 4.23. The minimum atomic E-state index is -3.26. The van der Waals surface area contributed by atoms with Crippen molar-refractivity contribution in [3.05, 3.63) is 18.3 Å². The summed E-state index contributed by atoms with van der Waals surface area (Å²) in [5.74, 6) is 0.370. The van der Waals surface area contributed by atoms with Crippen LogP contribution in [0.25, 0.3) is 0 Å². The zero-order chi connectivity index (χ0) is 12.2. The molecule has 90 valence electrons. The van der Waals surface area contributed by atoms with Gasteiger partial charge in [-0.05, 0) is 19.1 Å². The molecule has 1 atom stereocenters. The molecule has 0 bridgehead atoms. The van der Waals surface area contributed by atoms with E-state index in [-0.39, 0.29) is 10.9 Å². The van der Waals surface area contributed by atoms with Crippen LogP contribution in [-0.4, -0.2) is 39.4 Å². The maximum Gasteiger partial charge on any atom is 0.179 e. The van der Waals surface area contributed by atoms with Crippen LogP contribution in [0.4, 0.5) is 5.82 Å². The van der Waals surface area contributed by atoms with Gasteiger partial charge in [-0.1, -0.05) is 0 Å². The number of nitrogens with one attached hydrogen (secondary N) is 1. The zero-order valence-electron chi connectivity index (χ0n) is 9.60. The van der Waals surface area contributed by atoms with Crippen LogP contribution in [0.2, 0.25) is 0 Å². The van der Waals surface area contributed by atoms with Crippen molar-refractivity contribution in [2.45, 2.75) is 17.9 Å². The van der Waals surface area contributed by atoms with Crippen LogP contribution in [0.5, 0.6) is 0 Å². The molecule has 16 heavy (non-hydrogen) atoms. The van der Waals surface area contributed by atoms with Crippen LogP contribution < -0.4 is 5.32 Å². The Balaban J connectivity index is 2.96. The highest BCUT2D eigenvalue weighted by Crippen LogP contribution is 2.18. The third kappa shape index (κ3) is 3.46. The third-order valence-electron chi connectivity index (χ3n) is 1.97. The maximum absolute atomic E-state index is 11.5. The Morgan fingerprint density at radius 1 is 1.56 bits per heavy atom. The first-order valence-corrected chi connectivity index (χ1v) is 6.75. The highest BCUT2D eigenvalue weighted by Gasteiger charge is 2.15. The molecule has 0 amide bonds. The molecule has 0 radical (unpaired) electrons. The summed E-state index contributed by atoms with van der Waals surface area (Å²) < 4.78 is 27.9. The van der Waals surface area contributed by atoms with Crippen molar-refractivity contribution in [3.63, 3.8) is 0 Å². The van der Waals surface area contributed by atoms with Gasteiger partial charge in [-0.2, -0.15) is 0 Å². The first-order chi connectivity index (χ1) is 7.45. The minimum Gasteiger partial charge on any atom is -0.383 e. The Labute approximate surface area is 95.8 Å². The first kappa shape index (κ1) is 12.9. The monoisotopic (exact) mass is 244 g/mol. The van der Waals surface area contributed by atoms with Crippen molar-refractivity contribution in [3.8, 4) is 0 Å². The van der Waals surface area contributed by atoms with E-state index in [1.807, 2.05) is 6.92 Å². The van der Waals surface area contributed by atoms with Crippen molar-refractivity contribution >= 4 is 15.7 Å². The van der Waals surface area contributed by atoms with E-state index in [0.29, 0.717) is 12.4 Å². The van der Waals surface area contributed by atoms with Crippen LogP contribution in [0.3, 0.4) is 0 Å². The number of rotatable bonds is 5. The number of hydrogen-bond acceptors (Lipinski definition) is 5. The van der Waals surface area contributed by atoms with E-state index in [0.717, 1.165) is 6.26 Å². The number of methoxy groups -OCH3 is 1. The van der Waals surface area contributed by atoms with Gasteiger partial charge < -0.3 is 10.1 Å². The molecule has 0 aromatic carbocycles. The molecule has 1 aromatic rings. The van der Waals surface area contributed by atoms with Crippen LogP contribution in [0, 0.1) is 0 Å². The topological polar surface area (TPSA) is 68.3 Å². The predicted octanol–water partition coefficient (Wildman–Crippen LogP) is 0.932. The Morgan fingerprint density at radius 2 is 2.25 bits per heavy atom. The fourth-order valence-corrected chi connectivity index (χ4v) is 2.11. The highest BCUT2D eigenvalue weighted by molar-refractivity contribution is 7.90. The van der Waals surface area contributed by atoms with Crippen molar-refractivity contribution in [1.82, 2.24) is 4.98 Å². The number of pyridine rings is 1. The van der Waals surface area contributed by atoms with Crippen molar-refractivity contribution in [1.29, 1.82) is 0 Å². The lowest BCUT2D eigenvalue weighted by atomic mass is 10.3. The standard InChI is InChI=1S/C10H16N2O3S/c1-8(7-15-2)12-10-9(16(3,13)14)5-4-6-11-10/h4-6,8H,7H2,1-3H3,(H,11,12). The number of hydrogen-bond donors (Lipinski definition) is 1. The molecule has 1 rings (SSSR count). The lowest BCUT2D eigenvalue weighted by Crippen LogP contribution is -2.22. The van der Waals surface area contributed by atoms with Gasteiger partial charge in [-0.25, -0.2) is 13.4 Å². The summed E-state index contributed by atoms with van der Waals surface area (Å²) in [5, 5.41) is 3.00. The predicted molar refractivity (Wildman–Crippen MR) is 62.3 cm³/mol. The molecular formula is C10H16N2O3S. The summed E-state index contributed by atoms with van der Waals surface area (Å²) in [6.07, 6.45) is 2.71. The number of anilines is 1. The molecule has 0 aliphatic carbocycles. The molecule has 1 heterocycles. The van der Waals surface area contributed by atoms with Crippen LogP contribution in [0.15, 0.2) is 23.2 Å². The lowest BCUT2D eigenvalue weighted by molar-refractivity contribution is 0.190. The van der Waals surface area contributed by atoms with Gasteiger partial charge in [0.05, 0.1) is 6.61 Å². The zero-order valence-corrected chi connectivity index (χ0v) is 10.4. The van der Waals surface area contributed by atoms with Gasteiger partial charge in [0, 0.05) is 25.6 Å². The van der Waals surface area contributed by atoms with Crippen molar-refractivity contribution in [2.75, 3.05) is 25.3 Å². The number of nitrogens with zero attached hydrogens (tertiary/aromatic N) is 1. The first-order valence-electron chi connectivity index (χ1n) is 4.85. The number of sulfone groups is 1. The maximum atomic E-state index is 11.5. The van der Waals surface area contributed by atoms with Gasteiger partial charge in [0.2, 0.25) is 0 Å². The number of aromatic nitrogens is 1. The Hall–Kier alpha value is -1.14. The Kier molecular flexibility index (Phi) is 4.26. The summed E-state index contributed by atoms with van der Waals surface area (Å²) in [7, 11) is -1.67. The molecule has 6 heteroatoms. The summed E-state index contributed by atoms with van der Waals surface area (Å²) in [6.45, 7) is 2.38. The SMILES string of the molecule is COCC(C)Nc1ncccc1S(C)(=O)=O. The molecule has 0 spiro atoms. The molecular weight excluding hydrogens is 228 g/mol. The smallest absolute Gasteiger partial charge is 0.179 e. The van der Waals surface area contributed by atoms with Crippen LogP contribution in [-0.2, 0) is 14.6 Å². The van der Waals surface area contributed by atoms with E-state index in [2.05, 4.69) is 10.3 Å². The van der Waals surface area contributed by atoms with E-state index < -0.39 is 9.84 Å². The molecule has 0 saturated carbocycles. The minimum absolute atomic E-state index is 0.000370. The molecule has 1 N–H and O–H groups in total. The molecule has 0 aliphatic rings. The average Bonchev–Trinajstić information content (AvgIpc) is 2.17.